The number of nitrogens with zero attached hydrogens (tertiary/aromatic N) is 4. The second-order valence-corrected chi connectivity index (χ2v) is 41.6. The van der Waals surface area contributed by atoms with E-state index in [-0.39, 0.29) is 43.4 Å². The van der Waals surface area contributed by atoms with Crippen LogP contribution in [-0.2, 0) is 69.0 Å². The molecule has 0 aliphatic carbocycles. The molecule has 0 unspecified atom stereocenters. The number of hydrogen-bond donors (Lipinski definition) is 4. The van der Waals surface area contributed by atoms with Crippen molar-refractivity contribution >= 4 is 153 Å². The molecule has 2 aromatic heterocycles. The number of H-pyrrole nitrogens is 2. The molecule has 2 aliphatic rings. The minimum absolute atomic E-state index is 0. The Morgan fingerprint density at radius 1 is 0.266 bits per heavy atom. The van der Waals surface area contributed by atoms with E-state index in [1.807, 2.05) is 82.6 Å². The van der Waals surface area contributed by atoms with Crippen LogP contribution in [0.2, 0.25) is 5.15 Å². The van der Waals surface area contributed by atoms with Gasteiger partial charge in [0.05, 0.1) is 29.3 Å². The SMILES string of the molecule is O=C(Cc1ccc(-c2n[nH]c(=O)c3ccccc23)cc1)N1Cc2ccccc2C1.O=C(Cc1ccc(B(O)O)cc1)N1Cc2ccccc2C1.O=c1[nH]nc(Cl)c2ccccc12.[Pd].c1ccc(P(c2ccccc2)c2ccccc2)cc1.c1ccc(P(c2ccccc2)c2ccccc2)cc1.c1ccc(P(c2ccccc2)c2ccccc2)cc1.c1ccc(P(c2ccccc2)c2ccccc2)cc1. The Balaban J connectivity index is 0.000000124. The van der Waals surface area contributed by atoms with E-state index in [1.165, 1.54) is 85.9 Å². The summed E-state index contributed by atoms with van der Waals surface area (Å²) in [6, 6.07) is 175. The standard InChI is InChI=1S/C24H19N3O2.4C18H15P.C16H16BNO3.C8H5ClN2O.Pd/c28-22(27-14-18-5-1-2-6-19(18)15-27)13-16-9-11-17(12-10-16)23-20-7-3-4-8-21(20)24(29)26-25-23;4*1-4-10-16(11-5-1)19(17-12-6-2-7-13-17)18-14-8-3-9-15-18;19-16(9-12-5-7-15(8-6-12)17(20)21)18-10-13-3-1-2-4-14(13)11-18;9-7-5-3-1-2-4-6(5)8(12)11-10-7;/h1-12H,13-15H2,(H,26,29);4*1-15H;1-8,20-21H,9-11H2;1-4H,(H,11,12);. The first-order valence-electron chi connectivity index (χ1n) is 45.6. The summed E-state index contributed by atoms with van der Waals surface area (Å²) in [4.78, 5) is 51.9. The topological polar surface area (TPSA) is 173 Å². The van der Waals surface area contributed by atoms with Crippen LogP contribution in [0.5, 0.6) is 0 Å². The Bertz CT molecular complexity index is 6460. The Kier molecular flexibility index (Phi) is 36.7. The van der Waals surface area contributed by atoms with Gasteiger partial charge < -0.3 is 19.8 Å². The number of aromatic amines is 2. The predicted molar refractivity (Wildman–Crippen MR) is 581 cm³/mol. The van der Waals surface area contributed by atoms with E-state index < -0.39 is 38.8 Å². The fourth-order valence-corrected chi connectivity index (χ4v) is 25.7. The molecule has 0 radical (unpaired) electrons. The molecule has 0 saturated carbocycles. The van der Waals surface area contributed by atoms with E-state index in [2.05, 4.69) is 409 Å². The van der Waals surface area contributed by atoms with Crippen LogP contribution in [0.3, 0.4) is 0 Å². The summed E-state index contributed by atoms with van der Waals surface area (Å²) in [7, 11) is -3.25. The molecular weight excluding hydrogens is 1900 g/mol. The van der Waals surface area contributed by atoms with Crippen LogP contribution in [0.15, 0.2) is 519 Å². The van der Waals surface area contributed by atoms with Crippen LogP contribution in [0.4, 0.5) is 0 Å². The second kappa shape index (κ2) is 51.3. The molecular formula is C120H100BClN6O6P4Pd. The van der Waals surface area contributed by atoms with Crippen molar-refractivity contribution in [1.82, 2.24) is 30.2 Å². The molecule has 0 saturated heterocycles. The number of carbonyl (C=O) groups is 2. The average molecular weight is 2000 g/mol. The smallest absolute Gasteiger partial charge is 0.423 e. The predicted octanol–water partition coefficient (Wildman–Crippen LogP) is 19.5. The number of carbonyl (C=O) groups excluding carboxylic acids is 2. The van der Waals surface area contributed by atoms with Gasteiger partial charge in [0.25, 0.3) is 11.1 Å². The zero-order valence-electron chi connectivity index (χ0n) is 76.1. The van der Waals surface area contributed by atoms with Gasteiger partial charge in [-0.15, -0.1) is 0 Å². The Hall–Kier alpha value is -14.2. The first-order chi connectivity index (χ1) is 67.9. The number of benzene rings is 18. The van der Waals surface area contributed by atoms with Crippen molar-refractivity contribution in [3.8, 4) is 11.3 Å². The van der Waals surface area contributed by atoms with Gasteiger partial charge in [-0.25, -0.2) is 10.2 Å². The van der Waals surface area contributed by atoms with Crippen molar-refractivity contribution in [2.45, 2.75) is 39.0 Å². The van der Waals surface area contributed by atoms with Gasteiger partial charge in [0.1, 0.15) is 0 Å². The van der Waals surface area contributed by atoms with Crippen molar-refractivity contribution in [2.24, 2.45) is 0 Å². The molecule has 18 aromatic carbocycles. The Morgan fingerprint density at radius 2 is 0.468 bits per heavy atom. The molecule has 2 amide bonds. The van der Waals surface area contributed by atoms with Gasteiger partial charge in [-0.05, 0) is 146 Å². The minimum Gasteiger partial charge on any atom is -0.423 e. The maximum atomic E-state index is 12.7. The van der Waals surface area contributed by atoms with Crippen molar-refractivity contribution in [3.05, 3.63) is 569 Å². The van der Waals surface area contributed by atoms with Crippen molar-refractivity contribution in [2.75, 3.05) is 0 Å². The molecule has 20 aromatic rings. The van der Waals surface area contributed by atoms with Gasteiger partial charge in [0, 0.05) is 62.9 Å². The van der Waals surface area contributed by atoms with E-state index >= 15 is 0 Å². The van der Waals surface area contributed by atoms with Crippen LogP contribution >= 0.6 is 43.3 Å². The summed E-state index contributed by atoms with van der Waals surface area (Å²) in [5.41, 5.74) is 8.38. The van der Waals surface area contributed by atoms with Crippen molar-refractivity contribution < 1.29 is 40.1 Å². The first-order valence-corrected chi connectivity index (χ1v) is 51.3. The maximum absolute atomic E-state index is 12.7. The minimum atomic E-state index is -1.47. The zero-order chi connectivity index (χ0) is 94.8. The van der Waals surface area contributed by atoms with E-state index in [0.29, 0.717) is 65.8 Å². The number of aromatic nitrogens is 4. The van der Waals surface area contributed by atoms with Crippen LogP contribution < -0.4 is 80.2 Å². The third kappa shape index (κ3) is 27.2. The van der Waals surface area contributed by atoms with Crippen LogP contribution in [0.1, 0.15) is 33.4 Å². The number of nitrogens with one attached hydrogen (secondary N) is 2. The van der Waals surface area contributed by atoms with Crippen LogP contribution in [-0.4, -0.2) is 59.2 Å². The number of rotatable bonds is 18. The normalized spacial score (nSPS) is 11.4. The van der Waals surface area contributed by atoms with Gasteiger partial charge >= 0.3 is 7.12 Å². The number of amides is 2. The molecule has 0 bridgehead atoms. The Morgan fingerprint density at radius 3 is 0.705 bits per heavy atom. The molecule has 0 atom stereocenters. The first kappa shape index (κ1) is 99.3. The summed E-state index contributed by atoms with van der Waals surface area (Å²) >= 11 is 5.75. The van der Waals surface area contributed by atoms with E-state index in [4.69, 9.17) is 21.6 Å². The number of fused-ring (bicyclic) bond motifs is 4. The number of halogens is 1. The van der Waals surface area contributed by atoms with E-state index in [1.54, 1.807) is 48.5 Å². The molecule has 2 aliphatic heterocycles. The van der Waals surface area contributed by atoms with E-state index in [0.717, 1.165) is 27.8 Å². The third-order valence-corrected chi connectivity index (χ3v) is 33.2. The van der Waals surface area contributed by atoms with Crippen LogP contribution in [0, 0.1) is 0 Å². The maximum Gasteiger partial charge on any atom is 0.488 e. The van der Waals surface area contributed by atoms with Gasteiger partial charge in [-0.2, -0.15) is 10.2 Å². The molecule has 19 heteroatoms. The van der Waals surface area contributed by atoms with Gasteiger partial charge in [-0.1, -0.05) is 509 Å². The fourth-order valence-electron chi connectivity index (χ4n) is 16.3. The van der Waals surface area contributed by atoms with Gasteiger partial charge in [0.2, 0.25) is 11.8 Å². The fraction of sp³-hybridized carbons (Fsp3) is 0.0500. The van der Waals surface area contributed by atoms with Crippen molar-refractivity contribution in [1.29, 1.82) is 0 Å². The second-order valence-electron chi connectivity index (χ2n) is 32.4. The molecule has 0 spiro atoms. The molecule has 22 rings (SSSR count). The molecule has 686 valence electrons. The summed E-state index contributed by atoms with van der Waals surface area (Å²) in [5.74, 6) is 0.213. The summed E-state index contributed by atoms with van der Waals surface area (Å²) in [6.45, 7) is 2.70. The van der Waals surface area contributed by atoms with E-state index in [9.17, 15) is 19.2 Å². The number of hydrogen-bond acceptors (Lipinski definition) is 8. The zero-order valence-corrected chi connectivity index (χ0v) is 82.0. The largest absolute Gasteiger partial charge is 0.488 e. The van der Waals surface area contributed by atoms with Crippen molar-refractivity contribution in [3.63, 3.8) is 0 Å². The summed E-state index contributed by atoms with van der Waals surface area (Å²) in [6.07, 6.45) is 0.698. The average Bonchev–Trinajstić information content (AvgIpc) is 1.78. The van der Waals surface area contributed by atoms with Gasteiger partial charge in [-0.3, -0.25) is 19.2 Å². The quantitative estimate of drug-likeness (QED) is 0.0485. The monoisotopic (exact) mass is 2000 g/mol. The molecule has 139 heavy (non-hydrogen) atoms. The molecule has 4 heterocycles. The third-order valence-electron chi connectivity index (χ3n) is 23.1. The Labute approximate surface area is 835 Å². The molecule has 0 fully saturated rings. The summed E-state index contributed by atoms with van der Waals surface area (Å²) < 4.78 is 0. The molecule has 12 nitrogen and oxygen atoms in total. The van der Waals surface area contributed by atoms with Gasteiger partial charge in [0.15, 0.2) is 5.15 Å². The summed E-state index contributed by atoms with van der Waals surface area (Å²) in [5, 5.41) is 50.6. The molecule has 4 N–H and O–H groups in total. The van der Waals surface area contributed by atoms with Crippen LogP contribution in [0.25, 0.3) is 32.8 Å².